The molecule has 4 nitrogen and oxygen atoms in total. The molecule has 2 N–H and O–H groups in total. The van der Waals surface area contributed by atoms with Crippen LogP contribution in [-0.4, -0.2) is 19.6 Å². The maximum atomic E-state index is 11.9. The number of anilines is 2. The third-order valence-electron chi connectivity index (χ3n) is 2.99. The summed E-state index contributed by atoms with van der Waals surface area (Å²) in [5, 5.41) is 6.38. The van der Waals surface area contributed by atoms with Gasteiger partial charge in [-0.3, -0.25) is 4.79 Å². The number of hydrogen-bond donors (Lipinski definition) is 2. The Bertz CT molecular complexity index is 627. The molecule has 0 radical (unpaired) electrons. The molecule has 0 aliphatic rings. The van der Waals surface area contributed by atoms with Gasteiger partial charge in [-0.2, -0.15) is 0 Å². The molecule has 0 atom stereocenters. The molecule has 1 amide bonds. The van der Waals surface area contributed by atoms with Gasteiger partial charge in [-0.05, 0) is 48.9 Å². The third-order valence-corrected chi connectivity index (χ3v) is 3.22. The fraction of sp³-hybridized carbons (Fsp3) is 0.188. The Labute approximate surface area is 129 Å². The normalized spacial score (nSPS) is 10.0. The van der Waals surface area contributed by atoms with E-state index in [-0.39, 0.29) is 12.5 Å². The summed E-state index contributed by atoms with van der Waals surface area (Å²) in [6, 6.07) is 12.7. The van der Waals surface area contributed by atoms with Crippen molar-refractivity contribution in [1.29, 1.82) is 0 Å². The molecule has 0 unspecified atom stereocenters. The van der Waals surface area contributed by atoms with Crippen molar-refractivity contribution in [2.24, 2.45) is 0 Å². The number of hydrogen-bond acceptors (Lipinski definition) is 3. The van der Waals surface area contributed by atoms with Crippen LogP contribution in [0.4, 0.5) is 11.4 Å². The minimum Gasteiger partial charge on any atom is -0.484 e. The lowest BCUT2D eigenvalue weighted by Crippen LogP contribution is -2.20. The van der Waals surface area contributed by atoms with Gasteiger partial charge < -0.3 is 15.4 Å². The predicted octanol–water partition coefficient (Wildman–Crippen LogP) is 3.71. The van der Waals surface area contributed by atoms with Crippen LogP contribution in [0.25, 0.3) is 0 Å². The standard InChI is InChI=1S/C16H17ClN2O2/c1-11-3-4-12(17)9-15(11)19-16(20)10-21-14-7-5-13(18-2)6-8-14/h3-9,18H,10H2,1-2H3,(H,19,20). The zero-order valence-corrected chi connectivity index (χ0v) is 12.7. The number of aryl methyl sites for hydroxylation is 1. The Morgan fingerprint density at radius 1 is 1.19 bits per heavy atom. The summed E-state index contributed by atoms with van der Waals surface area (Å²) in [6.07, 6.45) is 0. The number of rotatable bonds is 5. The van der Waals surface area contributed by atoms with E-state index in [9.17, 15) is 4.79 Å². The van der Waals surface area contributed by atoms with Crippen LogP contribution in [0.3, 0.4) is 0 Å². The van der Waals surface area contributed by atoms with E-state index in [0.717, 1.165) is 11.3 Å². The highest BCUT2D eigenvalue weighted by molar-refractivity contribution is 6.31. The van der Waals surface area contributed by atoms with E-state index < -0.39 is 0 Å². The van der Waals surface area contributed by atoms with Gasteiger partial charge in [0.05, 0.1) is 0 Å². The van der Waals surface area contributed by atoms with Gasteiger partial charge in [-0.15, -0.1) is 0 Å². The van der Waals surface area contributed by atoms with E-state index >= 15 is 0 Å². The van der Waals surface area contributed by atoms with Gasteiger partial charge in [0.1, 0.15) is 5.75 Å². The molecule has 0 aliphatic carbocycles. The number of carbonyl (C=O) groups excluding carboxylic acids is 1. The second kappa shape index (κ2) is 6.99. The van der Waals surface area contributed by atoms with E-state index in [0.29, 0.717) is 16.5 Å². The van der Waals surface area contributed by atoms with E-state index in [2.05, 4.69) is 10.6 Å². The van der Waals surface area contributed by atoms with Crippen molar-refractivity contribution in [3.63, 3.8) is 0 Å². The monoisotopic (exact) mass is 304 g/mol. The first kappa shape index (κ1) is 15.2. The average Bonchev–Trinajstić information content (AvgIpc) is 2.49. The number of benzene rings is 2. The maximum Gasteiger partial charge on any atom is 0.262 e. The topological polar surface area (TPSA) is 50.4 Å². The molecule has 0 saturated carbocycles. The third kappa shape index (κ3) is 4.39. The quantitative estimate of drug-likeness (QED) is 0.885. The lowest BCUT2D eigenvalue weighted by molar-refractivity contribution is -0.118. The van der Waals surface area contributed by atoms with Crippen molar-refractivity contribution < 1.29 is 9.53 Å². The van der Waals surface area contributed by atoms with Gasteiger partial charge in [-0.25, -0.2) is 0 Å². The summed E-state index contributed by atoms with van der Waals surface area (Å²) in [6.45, 7) is 1.86. The van der Waals surface area contributed by atoms with Gasteiger partial charge >= 0.3 is 0 Å². The van der Waals surface area contributed by atoms with Crippen molar-refractivity contribution in [3.05, 3.63) is 53.1 Å². The minimum absolute atomic E-state index is 0.0507. The summed E-state index contributed by atoms with van der Waals surface area (Å²) < 4.78 is 5.44. The largest absolute Gasteiger partial charge is 0.484 e. The Kier molecular flexibility index (Phi) is 5.06. The van der Waals surface area contributed by atoms with Crippen LogP contribution in [0.15, 0.2) is 42.5 Å². The van der Waals surface area contributed by atoms with Crippen LogP contribution in [0.2, 0.25) is 5.02 Å². The molecule has 0 aromatic heterocycles. The SMILES string of the molecule is CNc1ccc(OCC(=O)Nc2cc(Cl)ccc2C)cc1. The second-order valence-corrected chi connectivity index (χ2v) is 5.01. The highest BCUT2D eigenvalue weighted by Gasteiger charge is 2.06. The first-order valence-corrected chi connectivity index (χ1v) is 6.93. The molecule has 0 aliphatic heterocycles. The van der Waals surface area contributed by atoms with Gasteiger partial charge in [0, 0.05) is 23.4 Å². The lowest BCUT2D eigenvalue weighted by Gasteiger charge is -2.10. The minimum atomic E-state index is -0.224. The number of nitrogens with one attached hydrogen (secondary N) is 2. The molecule has 0 spiro atoms. The second-order valence-electron chi connectivity index (χ2n) is 4.57. The fourth-order valence-corrected chi connectivity index (χ4v) is 1.95. The van der Waals surface area contributed by atoms with Crippen molar-refractivity contribution in [1.82, 2.24) is 0 Å². The zero-order chi connectivity index (χ0) is 15.2. The van der Waals surface area contributed by atoms with E-state index in [1.165, 1.54) is 0 Å². The number of ether oxygens (including phenoxy) is 1. The Balaban J connectivity index is 1.91. The summed E-state index contributed by atoms with van der Waals surface area (Å²) in [7, 11) is 1.84. The van der Waals surface area contributed by atoms with E-state index in [1.807, 2.05) is 44.3 Å². The first-order valence-electron chi connectivity index (χ1n) is 6.55. The molecular weight excluding hydrogens is 288 g/mol. The number of halogens is 1. The lowest BCUT2D eigenvalue weighted by atomic mass is 10.2. The number of amides is 1. The van der Waals surface area contributed by atoms with Crippen molar-refractivity contribution in [3.8, 4) is 5.75 Å². The summed E-state index contributed by atoms with van der Waals surface area (Å²) >= 11 is 5.91. The van der Waals surface area contributed by atoms with E-state index in [4.69, 9.17) is 16.3 Å². The molecule has 0 heterocycles. The zero-order valence-electron chi connectivity index (χ0n) is 11.9. The fourth-order valence-electron chi connectivity index (χ4n) is 1.78. The maximum absolute atomic E-state index is 11.9. The van der Waals surface area contributed by atoms with Gasteiger partial charge in [-0.1, -0.05) is 17.7 Å². The molecular formula is C16H17ClN2O2. The Morgan fingerprint density at radius 3 is 2.57 bits per heavy atom. The van der Waals surface area contributed by atoms with Crippen LogP contribution in [0.1, 0.15) is 5.56 Å². The molecule has 0 bridgehead atoms. The molecule has 0 fully saturated rings. The highest BCUT2D eigenvalue weighted by Crippen LogP contribution is 2.20. The molecule has 21 heavy (non-hydrogen) atoms. The van der Waals surface area contributed by atoms with Crippen LogP contribution in [0, 0.1) is 6.92 Å². The Hall–Kier alpha value is -2.20. The Morgan fingerprint density at radius 2 is 1.90 bits per heavy atom. The van der Waals surface area contributed by atoms with Crippen molar-refractivity contribution >= 4 is 28.9 Å². The van der Waals surface area contributed by atoms with Crippen molar-refractivity contribution in [2.45, 2.75) is 6.92 Å². The molecule has 2 aromatic rings. The smallest absolute Gasteiger partial charge is 0.262 e. The molecule has 0 saturated heterocycles. The number of carbonyl (C=O) groups is 1. The molecule has 5 heteroatoms. The molecule has 2 aromatic carbocycles. The first-order chi connectivity index (χ1) is 10.1. The summed E-state index contributed by atoms with van der Waals surface area (Å²) in [4.78, 5) is 11.9. The summed E-state index contributed by atoms with van der Waals surface area (Å²) in [5.74, 6) is 0.421. The van der Waals surface area contributed by atoms with Crippen LogP contribution < -0.4 is 15.4 Å². The van der Waals surface area contributed by atoms with E-state index in [1.54, 1.807) is 12.1 Å². The van der Waals surface area contributed by atoms with Crippen LogP contribution in [-0.2, 0) is 4.79 Å². The highest BCUT2D eigenvalue weighted by atomic mass is 35.5. The van der Waals surface area contributed by atoms with Gasteiger partial charge in [0.15, 0.2) is 6.61 Å². The molecule has 110 valence electrons. The van der Waals surface area contributed by atoms with Crippen LogP contribution in [0.5, 0.6) is 5.75 Å². The van der Waals surface area contributed by atoms with Gasteiger partial charge in [0.2, 0.25) is 0 Å². The van der Waals surface area contributed by atoms with Gasteiger partial charge in [0.25, 0.3) is 5.91 Å². The van der Waals surface area contributed by atoms with Crippen LogP contribution >= 0.6 is 11.6 Å². The predicted molar refractivity (Wildman–Crippen MR) is 86.3 cm³/mol. The van der Waals surface area contributed by atoms with Crippen molar-refractivity contribution in [2.75, 3.05) is 24.3 Å². The average molecular weight is 305 g/mol. The molecule has 2 rings (SSSR count). The summed E-state index contributed by atoms with van der Waals surface area (Å²) in [5.41, 5.74) is 2.63.